The minimum absolute atomic E-state index is 0.286. The van der Waals surface area contributed by atoms with Gasteiger partial charge in [-0.05, 0) is 114 Å². The van der Waals surface area contributed by atoms with Gasteiger partial charge in [-0.3, -0.25) is 19.4 Å². The SMILES string of the molecule is CC1CCN(C2CC(C(=O)N3CC(C(C)CC(C)(C)C4CCN(CC(=O)N5CCN(C(C)C)CC5)CC4)C3)C2)CC1. The highest BCUT2D eigenvalue weighted by Gasteiger charge is 2.45. The molecule has 5 rings (SSSR count). The van der Waals surface area contributed by atoms with Crippen molar-refractivity contribution >= 4 is 11.8 Å². The zero-order valence-electron chi connectivity index (χ0n) is 27.3. The zero-order valence-corrected chi connectivity index (χ0v) is 27.3. The first-order valence-electron chi connectivity index (χ1n) is 17.3. The molecule has 0 N–H and O–H groups in total. The Hall–Kier alpha value is -1.18. The van der Waals surface area contributed by atoms with E-state index < -0.39 is 0 Å². The van der Waals surface area contributed by atoms with E-state index in [9.17, 15) is 9.59 Å². The second-order valence-electron chi connectivity index (χ2n) is 15.8. The van der Waals surface area contributed by atoms with Crippen molar-refractivity contribution in [3.05, 3.63) is 0 Å². The molecule has 0 aromatic carbocycles. The molecule has 0 spiro atoms. The summed E-state index contributed by atoms with van der Waals surface area (Å²) in [5, 5.41) is 0. The van der Waals surface area contributed by atoms with Crippen LogP contribution >= 0.6 is 0 Å². The molecule has 1 unspecified atom stereocenters. The van der Waals surface area contributed by atoms with Gasteiger partial charge in [0.1, 0.15) is 0 Å². The number of carbonyl (C=O) groups excluding carboxylic acids is 2. The molecule has 4 heterocycles. The minimum atomic E-state index is 0.286. The Labute approximate surface area is 251 Å². The highest BCUT2D eigenvalue weighted by molar-refractivity contribution is 5.80. The Morgan fingerprint density at radius 2 is 1.41 bits per heavy atom. The largest absolute Gasteiger partial charge is 0.342 e. The second-order valence-corrected chi connectivity index (χ2v) is 15.8. The van der Waals surface area contributed by atoms with Crippen molar-refractivity contribution in [3.8, 4) is 0 Å². The quantitative estimate of drug-likeness (QED) is 0.414. The van der Waals surface area contributed by atoms with Crippen molar-refractivity contribution in [2.45, 2.75) is 98.6 Å². The third-order valence-electron chi connectivity index (χ3n) is 12.1. The van der Waals surface area contributed by atoms with Crippen LogP contribution in [-0.4, -0.2) is 120 Å². The maximum absolute atomic E-state index is 13.1. The lowest BCUT2D eigenvalue weighted by atomic mass is 9.66. The van der Waals surface area contributed by atoms with Crippen molar-refractivity contribution in [3.63, 3.8) is 0 Å². The number of hydrogen-bond acceptors (Lipinski definition) is 5. The summed E-state index contributed by atoms with van der Waals surface area (Å²) in [4.78, 5) is 37.9. The van der Waals surface area contributed by atoms with Crippen LogP contribution in [0.15, 0.2) is 0 Å². The van der Waals surface area contributed by atoms with Crippen LogP contribution in [0.4, 0.5) is 0 Å². The summed E-state index contributed by atoms with van der Waals surface area (Å²) in [5.41, 5.74) is 0.306. The molecule has 5 fully saturated rings. The molecule has 0 aromatic heterocycles. The van der Waals surface area contributed by atoms with Crippen LogP contribution in [0.25, 0.3) is 0 Å². The fraction of sp³-hybridized carbons (Fsp3) is 0.941. The van der Waals surface area contributed by atoms with E-state index >= 15 is 0 Å². The number of piperidine rings is 2. The van der Waals surface area contributed by atoms with E-state index in [4.69, 9.17) is 0 Å². The highest BCUT2D eigenvalue weighted by atomic mass is 16.2. The first-order chi connectivity index (χ1) is 19.5. The molecule has 1 atom stereocenters. The standard InChI is InChI=1S/C34H61N5O2/c1-25(2)36-15-17-38(18-16-36)32(40)24-35-11-9-30(10-12-35)34(5,6)21-27(4)29-22-39(23-29)33(41)28-19-31(20-28)37-13-7-26(3)8-14-37/h25-31H,7-24H2,1-6H3. The van der Waals surface area contributed by atoms with Gasteiger partial charge in [0.15, 0.2) is 0 Å². The van der Waals surface area contributed by atoms with Crippen LogP contribution in [0.3, 0.4) is 0 Å². The lowest BCUT2D eigenvalue weighted by molar-refractivity contribution is -0.149. The number of likely N-dealkylation sites (tertiary alicyclic amines) is 3. The van der Waals surface area contributed by atoms with Gasteiger partial charge >= 0.3 is 0 Å². The summed E-state index contributed by atoms with van der Waals surface area (Å²) >= 11 is 0. The first kappa shape index (κ1) is 31.3. The van der Waals surface area contributed by atoms with E-state index in [0.717, 1.165) is 71.1 Å². The van der Waals surface area contributed by atoms with Gasteiger partial charge in [-0.1, -0.05) is 27.7 Å². The number of rotatable bonds is 9. The summed E-state index contributed by atoms with van der Waals surface area (Å²) in [5.74, 6) is 3.95. The Balaban J connectivity index is 0.974. The lowest BCUT2D eigenvalue weighted by Crippen LogP contribution is -2.58. The van der Waals surface area contributed by atoms with Crippen LogP contribution in [0, 0.1) is 35.0 Å². The molecule has 5 aliphatic rings. The Bertz CT molecular complexity index is 872. The summed E-state index contributed by atoms with van der Waals surface area (Å²) in [6, 6.07) is 1.23. The third kappa shape index (κ3) is 7.49. The van der Waals surface area contributed by atoms with Gasteiger partial charge in [-0.15, -0.1) is 0 Å². The first-order valence-corrected chi connectivity index (χ1v) is 17.3. The van der Waals surface area contributed by atoms with Crippen LogP contribution < -0.4 is 0 Å². The summed E-state index contributed by atoms with van der Waals surface area (Å²) in [6.45, 7) is 25.1. The van der Waals surface area contributed by atoms with Crippen LogP contribution in [0.2, 0.25) is 0 Å². The number of piperazine rings is 1. The van der Waals surface area contributed by atoms with Gasteiger partial charge in [0, 0.05) is 57.3 Å². The van der Waals surface area contributed by atoms with Crippen LogP contribution in [-0.2, 0) is 9.59 Å². The average Bonchev–Trinajstić information content (AvgIpc) is 2.88. The second kappa shape index (κ2) is 13.2. The Morgan fingerprint density at radius 3 is 2.00 bits per heavy atom. The molecule has 7 nitrogen and oxygen atoms in total. The molecule has 0 aromatic rings. The summed E-state index contributed by atoms with van der Waals surface area (Å²) in [7, 11) is 0. The molecule has 1 saturated carbocycles. The van der Waals surface area contributed by atoms with Crippen LogP contribution in [0.1, 0.15) is 86.5 Å². The predicted molar refractivity (Wildman–Crippen MR) is 167 cm³/mol. The smallest absolute Gasteiger partial charge is 0.236 e. The molecule has 2 amide bonds. The molecule has 7 heteroatoms. The van der Waals surface area contributed by atoms with E-state index in [0.29, 0.717) is 53.6 Å². The topological polar surface area (TPSA) is 50.3 Å². The van der Waals surface area contributed by atoms with E-state index in [2.05, 4.69) is 66.0 Å². The normalized spacial score (nSPS) is 29.4. The van der Waals surface area contributed by atoms with E-state index in [1.165, 1.54) is 45.2 Å². The molecule has 0 radical (unpaired) electrons. The Morgan fingerprint density at radius 1 is 0.805 bits per heavy atom. The molecule has 0 bridgehead atoms. The number of amides is 2. The molecular formula is C34H61N5O2. The number of nitrogens with zero attached hydrogens (tertiary/aromatic N) is 5. The van der Waals surface area contributed by atoms with Crippen molar-refractivity contribution in [1.82, 2.24) is 24.5 Å². The van der Waals surface area contributed by atoms with Crippen molar-refractivity contribution in [1.29, 1.82) is 0 Å². The fourth-order valence-electron chi connectivity index (χ4n) is 8.61. The molecule has 234 valence electrons. The van der Waals surface area contributed by atoms with Gasteiger partial charge < -0.3 is 14.7 Å². The molecule has 4 saturated heterocycles. The predicted octanol–water partition coefficient (Wildman–Crippen LogP) is 4.27. The van der Waals surface area contributed by atoms with Gasteiger partial charge in [-0.2, -0.15) is 0 Å². The van der Waals surface area contributed by atoms with Crippen molar-refractivity contribution in [2.75, 3.05) is 72.0 Å². The van der Waals surface area contributed by atoms with Crippen LogP contribution in [0.5, 0.6) is 0 Å². The van der Waals surface area contributed by atoms with Gasteiger partial charge in [-0.25, -0.2) is 0 Å². The maximum Gasteiger partial charge on any atom is 0.236 e. The average molecular weight is 572 g/mol. The monoisotopic (exact) mass is 571 g/mol. The summed E-state index contributed by atoms with van der Waals surface area (Å²) < 4.78 is 0. The summed E-state index contributed by atoms with van der Waals surface area (Å²) in [6.07, 6.45) is 8.47. The van der Waals surface area contributed by atoms with Crippen molar-refractivity contribution < 1.29 is 9.59 Å². The molecular weight excluding hydrogens is 510 g/mol. The number of hydrogen-bond donors (Lipinski definition) is 0. The third-order valence-corrected chi connectivity index (χ3v) is 12.1. The Kier molecular flexibility index (Phi) is 10.1. The number of carbonyl (C=O) groups is 2. The van der Waals surface area contributed by atoms with E-state index in [1.807, 2.05) is 0 Å². The fourth-order valence-corrected chi connectivity index (χ4v) is 8.61. The molecule has 41 heavy (non-hydrogen) atoms. The van der Waals surface area contributed by atoms with Gasteiger partial charge in [0.2, 0.25) is 11.8 Å². The molecule has 1 aliphatic carbocycles. The van der Waals surface area contributed by atoms with Gasteiger partial charge in [0.05, 0.1) is 6.54 Å². The van der Waals surface area contributed by atoms with Gasteiger partial charge in [0.25, 0.3) is 0 Å². The van der Waals surface area contributed by atoms with E-state index in [1.54, 1.807) is 0 Å². The van der Waals surface area contributed by atoms with E-state index in [-0.39, 0.29) is 5.92 Å². The minimum Gasteiger partial charge on any atom is -0.342 e. The van der Waals surface area contributed by atoms with Crippen molar-refractivity contribution in [2.24, 2.45) is 35.0 Å². The highest BCUT2D eigenvalue weighted by Crippen LogP contribution is 2.43. The zero-order chi connectivity index (χ0) is 29.3. The lowest BCUT2D eigenvalue weighted by Gasteiger charge is -2.50. The molecule has 4 aliphatic heterocycles. The maximum atomic E-state index is 13.1.